The van der Waals surface area contributed by atoms with Gasteiger partial charge in [-0.3, -0.25) is 0 Å². The number of hydrogen-bond donors (Lipinski definition) is 2. The summed E-state index contributed by atoms with van der Waals surface area (Å²) >= 11 is 5.94. The number of ether oxygens (including phenoxy) is 1. The van der Waals surface area contributed by atoms with Gasteiger partial charge < -0.3 is 16.2 Å². The van der Waals surface area contributed by atoms with Gasteiger partial charge in [-0.05, 0) is 24.6 Å². The summed E-state index contributed by atoms with van der Waals surface area (Å²) in [5, 5.41) is 0.577. The lowest BCUT2D eigenvalue weighted by molar-refractivity contribution is 0.416. The van der Waals surface area contributed by atoms with Crippen molar-refractivity contribution >= 4 is 17.3 Å². The molecule has 0 bridgehead atoms. The summed E-state index contributed by atoms with van der Waals surface area (Å²) in [4.78, 5) is 0. The molecule has 0 unspecified atom stereocenters. The number of halogens is 1. The Hall–Kier alpha value is -0.930. The molecule has 0 aromatic heterocycles. The quantitative estimate of drug-likeness (QED) is 0.718. The highest BCUT2D eigenvalue weighted by Gasteiger charge is 2.09. The molecule has 0 fully saturated rings. The Bertz CT molecular complexity index is 313. The van der Waals surface area contributed by atoms with E-state index in [0.717, 1.165) is 5.56 Å². The molecule has 0 heterocycles. The van der Waals surface area contributed by atoms with E-state index >= 15 is 0 Å². The van der Waals surface area contributed by atoms with Crippen molar-refractivity contribution in [3.8, 4) is 5.75 Å². The fourth-order valence-electron chi connectivity index (χ4n) is 1.11. The topological polar surface area (TPSA) is 61.3 Å². The third-order valence-corrected chi connectivity index (χ3v) is 2.17. The van der Waals surface area contributed by atoms with Crippen LogP contribution >= 0.6 is 11.6 Å². The van der Waals surface area contributed by atoms with Crippen molar-refractivity contribution in [3.63, 3.8) is 0 Å². The minimum Gasteiger partial charge on any atom is -0.495 e. The molecule has 0 radical (unpaired) electrons. The highest BCUT2D eigenvalue weighted by atomic mass is 35.5. The normalized spacial score (nSPS) is 12.6. The summed E-state index contributed by atoms with van der Waals surface area (Å²) in [7, 11) is 1.56. The molecule has 1 rings (SSSR count). The molecule has 0 spiro atoms. The minimum absolute atomic E-state index is 0.123. The number of rotatable bonds is 2. The second-order valence-electron chi connectivity index (χ2n) is 2.90. The molecular weight excluding hydrogens is 188 g/mol. The van der Waals surface area contributed by atoms with E-state index in [-0.39, 0.29) is 6.04 Å². The molecule has 0 aliphatic heterocycles. The lowest BCUT2D eigenvalue weighted by Gasteiger charge is -2.12. The van der Waals surface area contributed by atoms with Gasteiger partial charge in [0.15, 0.2) is 0 Å². The van der Waals surface area contributed by atoms with Crippen LogP contribution in [0.15, 0.2) is 12.1 Å². The molecule has 72 valence electrons. The van der Waals surface area contributed by atoms with Gasteiger partial charge in [0.25, 0.3) is 0 Å². The number of nitrogen functional groups attached to an aromatic ring is 1. The second kappa shape index (κ2) is 3.85. The van der Waals surface area contributed by atoms with E-state index in [1.807, 2.05) is 6.92 Å². The van der Waals surface area contributed by atoms with Crippen molar-refractivity contribution in [2.75, 3.05) is 12.8 Å². The summed E-state index contributed by atoms with van der Waals surface area (Å²) in [6.07, 6.45) is 0. The predicted molar refractivity (Wildman–Crippen MR) is 55.0 cm³/mol. The summed E-state index contributed by atoms with van der Waals surface area (Å²) in [6.45, 7) is 1.86. The zero-order valence-corrected chi connectivity index (χ0v) is 8.43. The van der Waals surface area contributed by atoms with Crippen LogP contribution in [0.3, 0.4) is 0 Å². The molecule has 0 aliphatic carbocycles. The van der Waals surface area contributed by atoms with E-state index in [1.165, 1.54) is 0 Å². The van der Waals surface area contributed by atoms with E-state index in [9.17, 15) is 0 Å². The largest absolute Gasteiger partial charge is 0.495 e. The van der Waals surface area contributed by atoms with Crippen LogP contribution in [-0.2, 0) is 0 Å². The first-order valence-corrected chi connectivity index (χ1v) is 4.32. The van der Waals surface area contributed by atoms with Crippen LogP contribution in [0.2, 0.25) is 5.02 Å². The van der Waals surface area contributed by atoms with Crippen molar-refractivity contribution < 1.29 is 4.74 Å². The lowest BCUT2D eigenvalue weighted by Crippen LogP contribution is -2.06. The zero-order valence-electron chi connectivity index (χ0n) is 7.67. The summed E-state index contributed by atoms with van der Waals surface area (Å²) in [5.41, 5.74) is 12.7. The third-order valence-electron chi connectivity index (χ3n) is 1.84. The average molecular weight is 201 g/mol. The van der Waals surface area contributed by atoms with E-state index in [1.54, 1.807) is 19.2 Å². The van der Waals surface area contributed by atoms with Gasteiger partial charge in [-0.1, -0.05) is 11.6 Å². The molecule has 3 nitrogen and oxygen atoms in total. The lowest BCUT2D eigenvalue weighted by atomic mass is 10.1. The monoisotopic (exact) mass is 200 g/mol. The van der Waals surface area contributed by atoms with Crippen LogP contribution in [0, 0.1) is 0 Å². The number of nitrogens with two attached hydrogens (primary N) is 2. The van der Waals surface area contributed by atoms with Crippen molar-refractivity contribution in [1.82, 2.24) is 0 Å². The molecule has 4 N–H and O–H groups in total. The number of benzene rings is 1. The van der Waals surface area contributed by atoms with Gasteiger partial charge in [0, 0.05) is 11.1 Å². The molecule has 1 aromatic carbocycles. The predicted octanol–water partition coefficient (Wildman–Crippen LogP) is 1.95. The standard InChI is InChI=1S/C9H13ClN2O/c1-5(11)6-3-9(13-2)8(12)4-7(6)10/h3-5H,11-12H2,1-2H3/t5-/m1/s1. The Morgan fingerprint density at radius 1 is 1.46 bits per heavy atom. The summed E-state index contributed by atoms with van der Waals surface area (Å²) in [5.74, 6) is 0.608. The smallest absolute Gasteiger partial charge is 0.142 e. The first-order chi connectivity index (χ1) is 6.06. The maximum Gasteiger partial charge on any atom is 0.142 e. The van der Waals surface area contributed by atoms with Crippen LogP contribution in [0.1, 0.15) is 18.5 Å². The van der Waals surface area contributed by atoms with Gasteiger partial charge >= 0.3 is 0 Å². The number of anilines is 1. The number of methoxy groups -OCH3 is 1. The van der Waals surface area contributed by atoms with Gasteiger partial charge in [0.1, 0.15) is 5.75 Å². The fourth-order valence-corrected chi connectivity index (χ4v) is 1.45. The van der Waals surface area contributed by atoms with Crippen LogP contribution < -0.4 is 16.2 Å². The van der Waals surface area contributed by atoms with Gasteiger partial charge in [-0.15, -0.1) is 0 Å². The van der Waals surface area contributed by atoms with E-state index in [0.29, 0.717) is 16.5 Å². The second-order valence-corrected chi connectivity index (χ2v) is 3.31. The third kappa shape index (κ3) is 2.05. The Labute approximate surface area is 82.6 Å². The average Bonchev–Trinajstić information content (AvgIpc) is 2.03. The Balaban J connectivity index is 3.22. The Kier molecular flexibility index (Phi) is 3.01. The molecule has 13 heavy (non-hydrogen) atoms. The van der Waals surface area contributed by atoms with Crippen molar-refractivity contribution in [2.24, 2.45) is 5.73 Å². The minimum atomic E-state index is -0.123. The van der Waals surface area contributed by atoms with Gasteiger partial charge in [0.05, 0.1) is 12.8 Å². The van der Waals surface area contributed by atoms with Crippen LogP contribution in [0.5, 0.6) is 5.75 Å². The van der Waals surface area contributed by atoms with Crippen LogP contribution in [-0.4, -0.2) is 7.11 Å². The molecule has 0 saturated heterocycles. The van der Waals surface area contributed by atoms with Gasteiger partial charge in [-0.25, -0.2) is 0 Å². The maximum atomic E-state index is 5.94. The first-order valence-electron chi connectivity index (χ1n) is 3.94. The van der Waals surface area contributed by atoms with E-state index < -0.39 is 0 Å². The van der Waals surface area contributed by atoms with Gasteiger partial charge in [0.2, 0.25) is 0 Å². The first kappa shape index (κ1) is 10.2. The molecular formula is C9H13ClN2O. The van der Waals surface area contributed by atoms with Crippen LogP contribution in [0.25, 0.3) is 0 Å². The zero-order chi connectivity index (χ0) is 10.0. The van der Waals surface area contributed by atoms with Crippen molar-refractivity contribution in [2.45, 2.75) is 13.0 Å². The maximum absolute atomic E-state index is 5.94. The Morgan fingerprint density at radius 3 is 2.54 bits per heavy atom. The van der Waals surface area contributed by atoms with E-state index in [4.69, 9.17) is 27.8 Å². The summed E-state index contributed by atoms with van der Waals surface area (Å²) < 4.78 is 5.05. The van der Waals surface area contributed by atoms with Crippen molar-refractivity contribution in [3.05, 3.63) is 22.7 Å². The van der Waals surface area contributed by atoms with E-state index in [2.05, 4.69) is 0 Å². The van der Waals surface area contributed by atoms with Crippen LogP contribution in [0.4, 0.5) is 5.69 Å². The highest BCUT2D eigenvalue weighted by molar-refractivity contribution is 6.31. The molecule has 1 atom stereocenters. The molecule has 4 heteroatoms. The molecule has 0 aliphatic rings. The van der Waals surface area contributed by atoms with Crippen molar-refractivity contribution in [1.29, 1.82) is 0 Å². The molecule has 0 amide bonds. The molecule has 0 saturated carbocycles. The van der Waals surface area contributed by atoms with Gasteiger partial charge in [-0.2, -0.15) is 0 Å². The highest BCUT2D eigenvalue weighted by Crippen LogP contribution is 2.31. The fraction of sp³-hybridized carbons (Fsp3) is 0.333. The Morgan fingerprint density at radius 2 is 2.08 bits per heavy atom. The molecule has 1 aromatic rings. The summed E-state index contributed by atoms with van der Waals surface area (Å²) in [6, 6.07) is 3.29. The number of hydrogen-bond acceptors (Lipinski definition) is 3. The SMILES string of the molecule is COc1cc([C@@H](C)N)c(Cl)cc1N.